The van der Waals surface area contributed by atoms with Crippen molar-refractivity contribution in [3.8, 4) is 0 Å². The first kappa shape index (κ1) is 12.7. The zero-order valence-corrected chi connectivity index (χ0v) is 10.9. The van der Waals surface area contributed by atoms with Gasteiger partial charge in [-0.05, 0) is 22.4 Å². The molecular weight excluding hydrogens is 304 g/mol. The Balaban J connectivity index is 2.18. The number of carbonyl (C=O) groups is 1. The van der Waals surface area contributed by atoms with E-state index in [1.54, 1.807) is 0 Å². The van der Waals surface area contributed by atoms with Crippen LogP contribution in [0.1, 0.15) is 12.8 Å². The van der Waals surface area contributed by atoms with E-state index in [-0.39, 0.29) is 17.6 Å². The van der Waals surface area contributed by atoms with Crippen molar-refractivity contribution in [2.24, 2.45) is 0 Å². The van der Waals surface area contributed by atoms with Crippen molar-refractivity contribution in [1.29, 1.82) is 0 Å². The van der Waals surface area contributed by atoms with Gasteiger partial charge in [0, 0.05) is 25.2 Å². The Kier molecular flexibility index (Phi) is 3.75. The molecule has 1 saturated heterocycles. The summed E-state index contributed by atoms with van der Waals surface area (Å²) in [4.78, 5) is 25.2. The zero-order valence-electron chi connectivity index (χ0n) is 9.35. The molecule has 1 aromatic rings. The molecule has 1 aliphatic heterocycles. The van der Waals surface area contributed by atoms with Gasteiger partial charge in [0.25, 0.3) is 0 Å². The second-order valence-corrected chi connectivity index (χ2v) is 4.81. The van der Waals surface area contributed by atoms with Gasteiger partial charge in [0.05, 0.1) is 9.40 Å². The largest absolute Gasteiger partial charge is 0.374 e. The molecule has 0 saturated carbocycles. The minimum atomic E-state index is -0.485. The van der Waals surface area contributed by atoms with Gasteiger partial charge in [0.1, 0.15) is 11.9 Å². The van der Waals surface area contributed by atoms with Gasteiger partial charge in [0.15, 0.2) is 0 Å². The molecule has 1 fully saturated rings. The van der Waals surface area contributed by atoms with Gasteiger partial charge in [-0.25, -0.2) is 0 Å². The van der Waals surface area contributed by atoms with Crippen LogP contribution in [0.3, 0.4) is 0 Å². The molecule has 0 spiro atoms. The fraction of sp³-hybridized carbons (Fsp3) is 0.400. The second-order valence-electron chi connectivity index (χ2n) is 3.96. The van der Waals surface area contributed by atoms with Crippen LogP contribution in [0.4, 0.5) is 11.4 Å². The number of piperidine rings is 1. The number of nitro groups is 1. The molecule has 1 atom stereocenters. The average molecular weight is 315 g/mol. The van der Waals surface area contributed by atoms with Crippen molar-refractivity contribution in [3.05, 3.63) is 27.0 Å². The first-order valence-electron chi connectivity index (χ1n) is 5.39. The van der Waals surface area contributed by atoms with Crippen LogP contribution in [0.15, 0.2) is 16.9 Å². The van der Waals surface area contributed by atoms with E-state index < -0.39 is 4.92 Å². The smallest absolute Gasteiger partial charge is 0.311 e. The van der Waals surface area contributed by atoms with Crippen molar-refractivity contribution >= 4 is 33.2 Å². The van der Waals surface area contributed by atoms with Crippen molar-refractivity contribution in [2.45, 2.75) is 18.9 Å². The van der Waals surface area contributed by atoms with Gasteiger partial charge in [0.2, 0.25) is 5.91 Å². The van der Waals surface area contributed by atoms with Crippen molar-refractivity contribution in [2.75, 3.05) is 11.9 Å². The van der Waals surface area contributed by atoms with E-state index in [0.717, 1.165) is 0 Å². The molecule has 2 rings (SSSR count). The molecule has 0 aromatic carbocycles. The van der Waals surface area contributed by atoms with E-state index in [4.69, 9.17) is 0 Å². The predicted molar refractivity (Wildman–Crippen MR) is 68.2 cm³/mol. The topological polar surface area (TPSA) is 97.2 Å². The summed E-state index contributed by atoms with van der Waals surface area (Å²) in [6, 6.07) is -0.0138. The van der Waals surface area contributed by atoms with Gasteiger partial charge < -0.3 is 10.6 Å². The van der Waals surface area contributed by atoms with E-state index in [1.807, 2.05) is 0 Å². The maximum Gasteiger partial charge on any atom is 0.311 e. The Labute approximate surface area is 111 Å². The highest BCUT2D eigenvalue weighted by atomic mass is 79.9. The van der Waals surface area contributed by atoms with Crippen LogP contribution in [0.2, 0.25) is 0 Å². The monoisotopic (exact) mass is 314 g/mol. The van der Waals surface area contributed by atoms with Gasteiger partial charge in [-0.15, -0.1) is 0 Å². The molecule has 2 heterocycles. The molecule has 1 unspecified atom stereocenters. The van der Waals surface area contributed by atoms with Gasteiger partial charge >= 0.3 is 5.69 Å². The number of hydrogen-bond acceptors (Lipinski definition) is 5. The molecule has 18 heavy (non-hydrogen) atoms. The fourth-order valence-electron chi connectivity index (χ4n) is 1.77. The van der Waals surface area contributed by atoms with E-state index in [9.17, 15) is 14.9 Å². The lowest BCUT2D eigenvalue weighted by atomic mass is 10.1. The number of aromatic nitrogens is 1. The third-order valence-corrected chi connectivity index (χ3v) is 3.29. The second kappa shape index (κ2) is 5.30. The molecule has 1 aliphatic rings. The van der Waals surface area contributed by atoms with Crippen LogP contribution in [0, 0.1) is 10.1 Å². The maximum atomic E-state index is 11.0. The molecular formula is C10H11BrN4O3. The number of nitrogens with zero attached hydrogens (tertiary/aromatic N) is 2. The highest BCUT2D eigenvalue weighted by Gasteiger charge is 2.23. The Hall–Kier alpha value is -1.70. The van der Waals surface area contributed by atoms with Crippen LogP contribution >= 0.6 is 15.9 Å². The number of carbonyl (C=O) groups excluding carboxylic acids is 1. The minimum Gasteiger partial charge on any atom is -0.374 e. The Bertz CT molecular complexity index is 484. The van der Waals surface area contributed by atoms with Crippen LogP contribution in [0.5, 0.6) is 0 Å². The minimum absolute atomic E-state index is 0.0105. The molecule has 2 N–H and O–H groups in total. The Morgan fingerprint density at radius 1 is 1.56 bits per heavy atom. The molecule has 0 aliphatic carbocycles. The van der Waals surface area contributed by atoms with Crippen molar-refractivity contribution < 1.29 is 9.72 Å². The lowest BCUT2D eigenvalue weighted by Gasteiger charge is -2.24. The summed E-state index contributed by atoms with van der Waals surface area (Å²) < 4.78 is 0.536. The van der Waals surface area contributed by atoms with Crippen LogP contribution in [0.25, 0.3) is 0 Å². The standard InChI is InChI=1S/C10H11BrN4O3/c11-7-4-12-5-8(15(17)18)10(7)14-6-1-2-9(16)13-3-6/h4-6H,1-3H2,(H,12,14)(H,13,16). The number of rotatable bonds is 3. The van der Waals surface area contributed by atoms with Crippen molar-refractivity contribution in [1.82, 2.24) is 10.3 Å². The number of amides is 1. The molecule has 96 valence electrons. The molecule has 1 amide bonds. The van der Waals surface area contributed by atoms with Gasteiger partial charge in [-0.3, -0.25) is 19.9 Å². The maximum absolute atomic E-state index is 11.0. The third kappa shape index (κ3) is 2.76. The van der Waals surface area contributed by atoms with E-state index in [2.05, 4.69) is 31.5 Å². The summed E-state index contributed by atoms with van der Waals surface area (Å²) in [5, 5.41) is 16.7. The predicted octanol–water partition coefficient (Wildman–Crippen LogP) is 1.44. The Morgan fingerprint density at radius 2 is 2.33 bits per heavy atom. The van der Waals surface area contributed by atoms with Gasteiger partial charge in [-0.1, -0.05) is 0 Å². The van der Waals surface area contributed by atoms with E-state index in [0.29, 0.717) is 29.5 Å². The number of nitrogens with one attached hydrogen (secondary N) is 2. The van der Waals surface area contributed by atoms with Gasteiger partial charge in [-0.2, -0.15) is 0 Å². The molecule has 7 nitrogen and oxygen atoms in total. The zero-order chi connectivity index (χ0) is 13.1. The number of pyridine rings is 1. The van der Waals surface area contributed by atoms with Crippen LogP contribution < -0.4 is 10.6 Å². The average Bonchev–Trinajstić information content (AvgIpc) is 2.34. The molecule has 0 bridgehead atoms. The summed E-state index contributed by atoms with van der Waals surface area (Å²) in [7, 11) is 0. The summed E-state index contributed by atoms with van der Waals surface area (Å²) in [6.07, 6.45) is 3.77. The quantitative estimate of drug-likeness (QED) is 0.650. The summed E-state index contributed by atoms with van der Waals surface area (Å²) in [5.74, 6) is 0.0105. The summed E-state index contributed by atoms with van der Waals surface area (Å²) in [5.41, 5.74) is 0.317. The summed E-state index contributed by atoms with van der Waals surface area (Å²) in [6.45, 7) is 0.463. The van der Waals surface area contributed by atoms with Crippen LogP contribution in [-0.2, 0) is 4.79 Å². The highest BCUT2D eigenvalue weighted by molar-refractivity contribution is 9.10. The highest BCUT2D eigenvalue weighted by Crippen LogP contribution is 2.32. The number of anilines is 1. The first-order chi connectivity index (χ1) is 8.58. The molecule has 1 aromatic heterocycles. The normalized spacial score (nSPS) is 19.2. The Morgan fingerprint density at radius 3 is 2.94 bits per heavy atom. The van der Waals surface area contributed by atoms with Crippen molar-refractivity contribution in [3.63, 3.8) is 0 Å². The summed E-state index contributed by atoms with van der Waals surface area (Å²) >= 11 is 3.24. The van der Waals surface area contributed by atoms with E-state index >= 15 is 0 Å². The number of hydrogen-bond donors (Lipinski definition) is 2. The number of halogens is 1. The SMILES string of the molecule is O=C1CCC(Nc2c(Br)cncc2[N+](=O)[O-])CN1. The van der Waals surface area contributed by atoms with Crippen LogP contribution in [-0.4, -0.2) is 28.4 Å². The molecule has 0 radical (unpaired) electrons. The lowest BCUT2D eigenvalue weighted by molar-refractivity contribution is -0.384. The fourth-order valence-corrected chi connectivity index (χ4v) is 2.20. The van der Waals surface area contributed by atoms with E-state index in [1.165, 1.54) is 12.4 Å². The molecule has 8 heteroatoms. The first-order valence-corrected chi connectivity index (χ1v) is 6.18. The lowest BCUT2D eigenvalue weighted by Crippen LogP contribution is -2.42. The third-order valence-electron chi connectivity index (χ3n) is 2.69.